The van der Waals surface area contributed by atoms with Gasteiger partial charge in [-0.2, -0.15) is 0 Å². The standard InChI is InChI=1S/C8H10BrN3O2/c1-2-6(9)3-8-10-4-7(5-11-8)12(13)14/h4-6H,2-3H2,1H3. The zero-order valence-electron chi connectivity index (χ0n) is 7.68. The van der Waals surface area contributed by atoms with Crippen molar-refractivity contribution in [3.63, 3.8) is 0 Å². The van der Waals surface area contributed by atoms with Crippen LogP contribution in [0.15, 0.2) is 12.4 Å². The number of rotatable bonds is 4. The van der Waals surface area contributed by atoms with E-state index >= 15 is 0 Å². The fourth-order valence-corrected chi connectivity index (χ4v) is 1.18. The number of hydrogen-bond donors (Lipinski definition) is 0. The maximum atomic E-state index is 10.3. The zero-order chi connectivity index (χ0) is 10.6. The molecule has 0 amide bonds. The summed E-state index contributed by atoms with van der Waals surface area (Å²) >= 11 is 3.45. The molecule has 1 unspecified atom stereocenters. The van der Waals surface area contributed by atoms with Crippen molar-refractivity contribution in [1.82, 2.24) is 9.97 Å². The Labute approximate surface area is 89.9 Å². The molecule has 0 saturated heterocycles. The molecule has 0 fully saturated rings. The van der Waals surface area contributed by atoms with Crippen molar-refractivity contribution in [2.24, 2.45) is 0 Å². The maximum Gasteiger partial charge on any atom is 0.305 e. The molecule has 0 radical (unpaired) electrons. The molecule has 1 aromatic heterocycles. The lowest BCUT2D eigenvalue weighted by molar-refractivity contribution is -0.385. The summed E-state index contributed by atoms with van der Waals surface area (Å²) in [4.78, 5) is 17.9. The fourth-order valence-electron chi connectivity index (χ4n) is 0.890. The second-order valence-electron chi connectivity index (χ2n) is 2.82. The Bertz CT molecular complexity index is 315. The van der Waals surface area contributed by atoms with E-state index in [2.05, 4.69) is 25.9 Å². The van der Waals surface area contributed by atoms with Gasteiger partial charge in [-0.1, -0.05) is 22.9 Å². The van der Waals surface area contributed by atoms with Crippen LogP contribution < -0.4 is 0 Å². The molecule has 76 valence electrons. The Hall–Kier alpha value is -1.04. The number of nitrogens with zero attached hydrogens (tertiary/aromatic N) is 3. The van der Waals surface area contributed by atoms with Crippen LogP contribution in [0.3, 0.4) is 0 Å². The lowest BCUT2D eigenvalue weighted by Crippen LogP contribution is -2.05. The van der Waals surface area contributed by atoms with Crippen molar-refractivity contribution in [3.05, 3.63) is 28.3 Å². The van der Waals surface area contributed by atoms with Gasteiger partial charge in [0.1, 0.15) is 18.2 Å². The van der Waals surface area contributed by atoms with Crippen molar-refractivity contribution in [2.45, 2.75) is 24.6 Å². The summed E-state index contributed by atoms with van der Waals surface area (Å²) in [6.45, 7) is 2.05. The highest BCUT2D eigenvalue weighted by atomic mass is 79.9. The maximum absolute atomic E-state index is 10.3. The van der Waals surface area contributed by atoms with Crippen LogP contribution in [0.4, 0.5) is 5.69 Å². The highest BCUT2D eigenvalue weighted by molar-refractivity contribution is 9.09. The van der Waals surface area contributed by atoms with Gasteiger partial charge in [0.15, 0.2) is 0 Å². The second-order valence-corrected chi connectivity index (χ2v) is 4.12. The average molecular weight is 260 g/mol. The second kappa shape index (κ2) is 4.99. The molecule has 0 aliphatic rings. The lowest BCUT2D eigenvalue weighted by atomic mass is 10.2. The summed E-state index contributed by atoms with van der Waals surface area (Å²) in [6, 6.07) is 0. The molecule has 14 heavy (non-hydrogen) atoms. The average Bonchev–Trinajstić information content (AvgIpc) is 2.18. The highest BCUT2D eigenvalue weighted by Gasteiger charge is 2.09. The first-order valence-corrected chi connectivity index (χ1v) is 5.14. The molecule has 5 nitrogen and oxygen atoms in total. The number of hydrogen-bond acceptors (Lipinski definition) is 4. The van der Waals surface area contributed by atoms with Crippen molar-refractivity contribution in [2.75, 3.05) is 0 Å². The van der Waals surface area contributed by atoms with E-state index in [1.807, 2.05) is 6.92 Å². The van der Waals surface area contributed by atoms with Gasteiger partial charge in [-0.05, 0) is 6.42 Å². The fraction of sp³-hybridized carbons (Fsp3) is 0.500. The molecule has 0 N–H and O–H groups in total. The molecule has 0 spiro atoms. The third-order valence-electron chi connectivity index (χ3n) is 1.75. The van der Waals surface area contributed by atoms with Crippen LogP contribution in [0, 0.1) is 10.1 Å². The van der Waals surface area contributed by atoms with Crippen LogP contribution in [0.5, 0.6) is 0 Å². The minimum atomic E-state index is -0.505. The van der Waals surface area contributed by atoms with Crippen LogP contribution >= 0.6 is 15.9 Å². The normalized spacial score (nSPS) is 12.4. The number of nitro groups is 1. The summed E-state index contributed by atoms with van der Waals surface area (Å²) in [5, 5.41) is 10.3. The summed E-state index contributed by atoms with van der Waals surface area (Å²) in [5.74, 6) is 0.624. The van der Waals surface area contributed by atoms with Crippen LogP contribution in [0.25, 0.3) is 0 Å². The molecule has 0 aliphatic heterocycles. The summed E-state index contributed by atoms with van der Waals surface area (Å²) in [5.41, 5.74) is -0.0728. The molecule has 6 heteroatoms. The molecule has 0 bridgehead atoms. The van der Waals surface area contributed by atoms with E-state index in [0.717, 1.165) is 6.42 Å². The van der Waals surface area contributed by atoms with Gasteiger partial charge < -0.3 is 0 Å². The molecule has 0 saturated carbocycles. The zero-order valence-corrected chi connectivity index (χ0v) is 9.27. The Morgan fingerprint density at radius 1 is 1.57 bits per heavy atom. The van der Waals surface area contributed by atoms with Gasteiger partial charge in [0.2, 0.25) is 0 Å². The SMILES string of the molecule is CCC(Br)Cc1ncc([N+](=O)[O-])cn1. The molecule has 0 aliphatic carbocycles. The smallest absolute Gasteiger partial charge is 0.258 e. The minimum Gasteiger partial charge on any atom is -0.258 e. The molecule has 1 aromatic rings. The van der Waals surface area contributed by atoms with Crippen LogP contribution in [-0.2, 0) is 6.42 Å². The van der Waals surface area contributed by atoms with E-state index in [1.165, 1.54) is 12.4 Å². The van der Waals surface area contributed by atoms with Gasteiger partial charge in [-0.3, -0.25) is 10.1 Å². The van der Waals surface area contributed by atoms with E-state index in [4.69, 9.17) is 0 Å². The largest absolute Gasteiger partial charge is 0.305 e. The van der Waals surface area contributed by atoms with E-state index < -0.39 is 4.92 Å². The van der Waals surface area contributed by atoms with Crippen molar-refractivity contribution >= 4 is 21.6 Å². The number of aromatic nitrogens is 2. The predicted molar refractivity (Wildman–Crippen MR) is 55.4 cm³/mol. The molecular formula is C8H10BrN3O2. The van der Waals surface area contributed by atoms with E-state index in [9.17, 15) is 10.1 Å². The van der Waals surface area contributed by atoms with E-state index in [-0.39, 0.29) is 5.69 Å². The van der Waals surface area contributed by atoms with Crippen LogP contribution in [0.2, 0.25) is 0 Å². The third-order valence-corrected chi connectivity index (χ3v) is 2.72. The first-order chi connectivity index (χ1) is 6.63. The van der Waals surface area contributed by atoms with Gasteiger partial charge in [-0.15, -0.1) is 0 Å². The van der Waals surface area contributed by atoms with E-state index in [1.54, 1.807) is 0 Å². The van der Waals surface area contributed by atoms with Gasteiger partial charge in [-0.25, -0.2) is 9.97 Å². The molecule has 1 heterocycles. The van der Waals surface area contributed by atoms with Gasteiger partial charge in [0, 0.05) is 11.2 Å². The third kappa shape index (κ3) is 3.02. The first kappa shape index (κ1) is 11.0. The Morgan fingerprint density at radius 3 is 2.57 bits per heavy atom. The van der Waals surface area contributed by atoms with Crippen LogP contribution in [-0.4, -0.2) is 19.7 Å². The Balaban J connectivity index is 2.68. The Morgan fingerprint density at radius 2 is 2.14 bits per heavy atom. The molecule has 1 rings (SSSR count). The Kier molecular flexibility index (Phi) is 3.94. The minimum absolute atomic E-state index is 0.0728. The van der Waals surface area contributed by atoms with Crippen molar-refractivity contribution in [3.8, 4) is 0 Å². The summed E-state index contributed by atoms with van der Waals surface area (Å²) in [6.07, 6.45) is 4.13. The predicted octanol–water partition coefficient (Wildman–Crippen LogP) is 2.10. The van der Waals surface area contributed by atoms with Crippen LogP contribution in [0.1, 0.15) is 19.2 Å². The topological polar surface area (TPSA) is 68.9 Å². The molecule has 0 aromatic carbocycles. The van der Waals surface area contributed by atoms with Gasteiger partial charge in [0.25, 0.3) is 0 Å². The summed E-state index contributed by atoms with van der Waals surface area (Å²) < 4.78 is 0. The quantitative estimate of drug-likeness (QED) is 0.472. The molecule has 1 atom stereocenters. The van der Waals surface area contributed by atoms with E-state index in [0.29, 0.717) is 17.1 Å². The highest BCUT2D eigenvalue weighted by Crippen LogP contribution is 2.11. The monoisotopic (exact) mass is 259 g/mol. The lowest BCUT2D eigenvalue weighted by Gasteiger charge is -2.03. The van der Waals surface area contributed by atoms with Gasteiger partial charge >= 0.3 is 5.69 Å². The van der Waals surface area contributed by atoms with Crippen molar-refractivity contribution in [1.29, 1.82) is 0 Å². The first-order valence-electron chi connectivity index (χ1n) is 4.23. The summed E-state index contributed by atoms with van der Waals surface area (Å²) in [7, 11) is 0. The number of alkyl halides is 1. The van der Waals surface area contributed by atoms with Crippen molar-refractivity contribution < 1.29 is 4.92 Å². The number of halogens is 1. The van der Waals surface area contributed by atoms with Gasteiger partial charge in [0.05, 0.1) is 4.92 Å². The molecular weight excluding hydrogens is 250 g/mol.